The molecule has 2 aliphatic heterocycles. The SMILES string of the molecule is O=C(COc1cc(Cl)ccc1Cl)N1CCc2cc3c(cc2C1)OCO3. The molecule has 0 aromatic heterocycles. The first-order valence-corrected chi connectivity index (χ1v) is 8.63. The van der Waals surface area contributed by atoms with E-state index in [0.717, 1.165) is 23.5 Å². The molecule has 7 heteroatoms. The van der Waals surface area contributed by atoms with Crippen molar-refractivity contribution in [1.29, 1.82) is 0 Å². The standard InChI is InChI=1S/C18H15Cl2NO4/c19-13-1-2-14(20)15(7-13)23-9-18(22)21-4-3-11-5-16-17(25-10-24-16)6-12(11)8-21/h1-2,5-7H,3-4,8-10H2. The van der Waals surface area contributed by atoms with Gasteiger partial charge in [-0.2, -0.15) is 0 Å². The van der Waals surface area contributed by atoms with Crippen LogP contribution in [0.4, 0.5) is 0 Å². The first kappa shape index (κ1) is 16.4. The zero-order valence-corrected chi connectivity index (χ0v) is 14.8. The van der Waals surface area contributed by atoms with Crippen LogP contribution in [0.5, 0.6) is 17.2 Å². The second-order valence-corrected chi connectivity index (χ2v) is 6.75. The smallest absolute Gasteiger partial charge is 0.260 e. The summed E-state index contributed by atoms with van der Waals surface area (Å²) < 4.78 is 16.4. The lowest BCUT2D eigenvalue weighted by Gasteiger charge is -2.29. The van der Waals surface area contributed by atoms with E-state index in [0.29, 0.717) is 28.9 Å². The fourth-order valence-corrected chi connectivity index (χ4v) is 3.31. The number of nitrogens with zero attached hydrogens (tertiary/aromatic N) is 1. The third-order valence-corrected chi connectivity index (χ3v) is 4.85. The minimum absolute atomic E-state index is 0.0834. The molecule has 0 fully saturated rings. The predicted octanol–water partition coefficient (Wildman–Crippen LogP) is 3.69. The van der Waals surface area contributed by atoms with Crippen LogP contribution in [0, 0.1) is 0 Å². The summed E-state index contributed by atoms with van der Waals surface area (Å²) in [5, 5.41) is 0.934. The summed E-state index contributed by atoms with van der Waals surface area (Å²) in [7, 11) is 0. The fraction of sp³-hybridized carbons (Fsp3) is 0.278. The number of carbonyl (C=O) groups is 1. The van der Waals surface area contributed by atoms with E-state index < -0.39 is 0 Å². The minimum atomic E-state index is -0.0978. The maximum atomic E-state index is 12.5. The quantitative estimate of drug-likeness (QED) is 0.815. The number of halogens is 2. The highest BCUT2D eigenvalue weighted by atomic mass is 35.5. The van der Waals surface area contributed by atoms with Crippen molar-refractivity contribution >= 4 is 29.1 Å². The van der Waals surface area contributed by atoms with E-state index in [9.17, 15) is 4.79 Å². The molecule has 0 radical (unpaired) electrons. The monoisotopic (exact) mass is 379 g/mol. The zero-order chi connectivity index (χ0) is 17.4. The Balaban J connectivity index is 1.43. The Morgan fingerprint density at radius 2 is 1.88 bits per heavy atom. The average Bonchev–Trinajstić information content (AvgIpc) is 3.07. The van der Waals surface area contributed by atoms with Crippen molar-refractivity contribution in [3.63, 3.8) is 0 Å². The second kappa shape index (κ2) is 6.65. The van der Waals surface area contributed by atoms with Crippen LogP contribution in [-0.2, 0) is 17.8 Å². The van der Waals surface area contributed by atoms with Gasteiger partial charge >= 0.3 is 0 Å². The predicted molar refractivity (Wildman–Crippen MR) is 93.6 cm³/mol. The van der Waals surface area contributed by atoms with E-state index >= 15 is 0 Å². The molecule has 0 spiro atoms. The molecule has 5 nitrogen and oxygen atoms in total. The van der Waals surface area contributed by atoms with Crippen molar-refractivity contribution in [2.45, 2.75) is 13.0 Å². The van der Waals surface area contributed by atoms with Crippen LogP contribution >= 0.6 is 23.2 Å². The van der Waals surface area contributed by atoms with Gasteiger partial charge in [0.05, 0.1) is 5.02 Å². The van der Waals surface area contributed by atoms with Gasteiger partial charge in [0, 0.05) is 24.2 Å². The molecule has 0 saturated carbocycles. The van der Waals surface area contributed by atoms with Crippen LogP contribution in [0.1, 0.15) is 11.1 Å². The molecular weight excluding hydrogens is 365 g/mol. The molecule has 2 aromatic rings. The van der Waals surface area contributed by atoms with E-state index in [1.165, 1.54) is 5.56 Å². The highest BCUT2D eigenvalue weighted by molar-refractivity contribution is 6.34. The molecule has 130 valence electrons. The zero-order valence-electron chi connectivity index (χ0n) is 13.3. The number of ether oxygens (including phenoxy) is 3. The summed E-state index contributed by atoms with van der Waals surface area (Å²) >= 11 is 12.0. The van der Waals surface area contributed by atoms with Crippen molar-refractivity contribution < 1.29 is 19.0 Å². The Kier molecular flexibility index (Phi) is 4.36. The van der Waals surface area contributed by atoms with Crippen LogP contribution in [0.15, 0.2) is 30.3 Å². The Labute approximate surface area is 155 Å². The number of fused-ring (bicyclic) bond motifs is 2. The topological polar surface area (TPSA) is 48.0 Å². The van der Waals surface area contributed by atoms with E-state index in [-0.39, 0.29) is 19.3 Å². The van der Waals surface area contributed by atoms with Gasteiger partial charge in [-0.05, 0) is 41.8 Å². The lowest BCUT2D eigenvalue weighted by atomic mass is 9.99. The largest absolute Gasteiger partial charge is 0.482 e. The summed E-state index contributed by atoms with van der Waals surface area (Å²) in [6.45, 7) is 1.32. The Bertz CT molecular complexity index is 840. The fourth-order valence-electron chi connectivity index (χ4n) is 2.98. The van der Waals surface area contributed by atoms with Crippen LogP contribution in [0.3, 0.4) is 0 Å². The summed E-state index contributed by atoms with van der Waals surface area (Å²) in [5.41, 5.74) is 2.26. The average molecular weight is 380 g/mol. The summed E-state index contributed by atoms with van der Waals surface area (Å²) in [4.78, 5) is 14.2. The molecule has 0 N–H and O–H groups in total. The number of rotatable bonds is 3. The number of benzene rings is 2. The molecule has 0 atom stereocenters. The van der Waals surface area contributed by atoms with Gasteiger partial charge < -0.3 is 19.1 Å². The van der Waals surface area contributed by atoms with Crippen molar-refractivity contribution in [2.75, 3.05) is 19.9 Å². The van der Waals surface area contributed by atoms with Crippen LogP contribution in [0.2, 0.25) is 10.0 Å². The molecule has 2 heterocycles. The summed E-state index contributed by atoms with van der Waals surface area (Å²) in [6.07, 6.45) is 0.773. The first-order chi connectivity index (χ1) is 12.1. The lowest BCUT2D eigenvalue weighted by Crippen LogP contribution is -2.38. The van der Waals surface area contributed by atoms with Gasteiger partial charge in [0.1, 0.15) is 5.75 Å². The Morgan fingerprint density at radius 1 is 1.12 bits per heavy atom. The van der Waals surface area contributed by atoms with Crippen LogP contribution in [-0.4, -0.2) is 30.8 Å². The van der Waals surface area contributed by atoms with Gasteiger partial charge in [-0.15, -0.1) is 0 Å². The number of amides is 1. The third kappa shape index (κ3) is 3.34. The van der Waals surface area contributed by atoms with Crippen LogP contribution in [0.25, 0.3) is 0 Å². The molecule has 0 bridgehead atoms. The Morgan fingerprint density at radius 3 is 2.68 bits per heavy atom. The molecule has 25 heavy (non-hydrogen) atoms. The van der Waals surface area contributed by atoms with Gasteiger partial charge in [0.25, 0.3) is 5.91 Å². The van der Waals surface area contributed by atoms with Crippen molar-refractivity contribution in [1.82, 2.24) is 4.90 Å². The molecule has 1 amide bonds. The van der Waals surface area contributed by atoms with Gasteiger partial charge in [0.15, 0.2) is 18.1 Å². The lowest BCUT2D eigenvalue weighted by molar-refractivity contribution is -0.134. The highest BCUT2D eigenvalue weighted by Gasteiger charge is 2.25. The van der Waals surface area contributed by atoms with Crippen molar-refractivity contribution in [3.8, 4) is 17.2 Å². The minimum Gasteiger partial charge on any atom is -0.482 e. The maximum Gasteiger partial charge on any atom is 0.260 e. The van der Waals surface area contributed by atoms with Gasteiger partial charge in [0.2, 0.25) is 6.79 Å². The van der Waals surface area contributed by atoms with Gasteiger partial charge in [-0.25, -0.2) is 0 Å². The first-order valence-electron chi connectivity index (χ1n) is 7.87. The third-order valence-electron chi connectivity index (χ3n) is 4.30. The van der Waals surface area contributed by atoms with E-state index in [1.807, 2.05) is 12.1 Å². The molecule has 2 aliphatic rings. The maximum absolute atomic E-state index is 12.5. The van der Waals surface area contributed by atoms with E-state index in [4.69, 9.17) is 37.4 Å². The van der Waals surface area contributed by atoms with Crippen molar-refractivity contribution in [3.05, 3.63) is 51.5 Å². The molecule has 0 unspecified atom stereocenters. The molecule has 2 aromatic carbocycles. The molecular formula is C18H15Cl2NO4. The van der Waals surface area contributed by atoms with Crippen LogP contribution < -0.4 is 14.2 Å². The normalized spacial score (nSPS) is 15.0. The number of carbonyl (C=O) groups excluding carboxylic acids is 1. The van der Waals surface area contributed by atoms with Gasteiger partial charge in [-0.1, -0.05) is 23.2 Å². The molecule has 0 saturated heterocycles. The van der Waals surface area contributed by atoms with E-state index in [1.54, 1.807) is 23.1 Å². The number of hydrogen-bond donors (Lipinski definition) is 0. The second-order valence-electron chi connectivity index (χ2n) is 5.90. The molecule has 0 aliphatic carbocycles. The van der Waals surface area contributed by atoms with Gasteiger partial charge in [-0.3, -0.25) is 4.79 Å². The number of hydrogen-bond acceptors (Lipinski definition) is 4. The summed E-state index contributed by atoms with van der Waals surface area (Å²) in [5.74, 6) is 1.81. The Hall–Kier alpha value is -2.11. The highest BCUT2D eigenvalue weighted by Crippen LogP contribution is 2.36. The van der Waals surface area contributed by atoms with Crippen molar-refractivity contribution in [2.24, 2.45) is 0 Å². The molecule has 4 rings (SSSR count). The van der Waals surface area contributed by atoms with E-state index in [2.05, 4.69) is 0 Å². The summed E-state index contributed by atoms with van der Waals surface area (Å²) in [6, 6.07) is 8.87.